The van der Waals surface area contributed by atoms with E-state index in [1.807, 2.05) is 11.3 Å². The summed E-state index contributed by atoms with van der Waals surface area (Å²) >= 11 is 1.89. The fourth-order valence-electron chi connectivity index (χ4n) is 11.8. The first-order valence-corrected chi connectivity index (χ1v) is 23.9. The number of nitrogens with zero attached hydrogens (tertiary/aromatic N) is 2. The molecule has 0 saturated heterocycles. The number of para-hydroxylation sites is 4. The normalized spacial score (nSPS) is 12.2. The molecule has 15 aromatic rings. The molecule has 0 atom stereocenters. The molecule has 0 saturated carbocycles. The van der Waals surface area contributed by atoms with Gasteiger partial charge in [0.15, 0.2) is 0 Å². The Bertz CT molecular complexity index is 4360. The SMILES string of the molecule is c1cc(-c2c3ccccc3c(-n3c4ccccc4c4ccccc43)c3ccccc23)c2c(c1)sc1ccc(-c3c4ccccc4c(-n4c5ccccc5c5ccccc54)c4ccccc34)cc12. The van der Waals surface area contributed by atoms with Crippen LogP contribution in [0.2, 0.25) is 0 Å². The third kappa shape index (κ3) is 5.09. The van der Waals surface area contributed by atoms with Crippen molar-refractivity contribution in [1.82, 2.24) is 9.13 Å². The molecule has 0 spiro atoms. The van der Waals surface area contributed by atoms with Crippen LogP contribution in [0.3, 0.4) is 0 Å². The summed E-state index contributed by atoms with van der Waals surface area (Å²) in [6.07, 6.45) is 0. The van der Waals surface area contributed by atoms with Crippen molar-refractivity contribution in [2.45, 2.75) is 0 Å². The van der Waals surface area contributed by atoms with Crippen LogP contribution in [0.25, 0.3) is 141 Å². The zero-order valence-corrected chi connectivity index (χ0v) is 37.1. The highest BCUT2D eigenvalue weighted by molar-refractivity contribution is 7.26. The van der Waals surface area contributed by atoms with Crippen molar-refractivity contribution in [3.05, 3.63) is 231 Å². The maximum absolute atomic E-state index is 2.51. The first-order valence-electron chi connectivity index (χ1n) is 23.1. The molecule has 67 heavy (non-hydrogen) atoms. The van der Waals surface area contributed by atoms with Gasteiger partial charge in [-0.1, -0.05) is 188 Å². The van der Waals surface area contributed by atoms with Gasteiger partial charge in [0, 0.05) is 63.3 Å². The monoisotopic (exact) mass is 866 g/mol. The quantitative estimate of drug-likeness (QED) is 0.156. The Kier molecular flexibility index (Phi) is 7.69. The summed E-state index contributed by atoms with van der Waals surface area (Å²) in [5.41, 5.74) is 12.3. The number of hydrogen-bond donors (Lipinski definition) is 0. The highest BCUT2D eigenvalue weighted by Gasteiger charge is 2.24. The van der Waals surface area contributed by atoms with Crippen molar-refractivity contribution >= 4 is 118 Å². The summed E-state index contributed by atoms with van der Waals surface area (Å²) in [6, 6.07) is 85.8. The predicted molar refractivity (Wildman–Crippen MR) is 289 cm³/mol. The molecule has 0 aliphatic heterocycles. The van der Waals surface area contributed by atoms with Crippen LogP contribution in [0.15, 0.2) is 231 Å². The Morgan fingerprint density at radius 3 is 1.03 bits per heavy atom. The molecular weight excluding hydrogens is 829 g/mol. The third-order valence-corrected chi connectivity index (χ3v) is 15.6. The van der Waals surface area contributed by atoms with Gasteiger partial charge in [-0.15, -0.1) is 11.3 Å². The smallest absolute Gasteiger partial charge is 0.0619 e. The van der Waals surface area contributed by atoms with Crippen molar-refractivity contribution in [2.75, 3.05) is 0 Å². The zero-order valence-electron chi connectivity index (χ0n) is 36.2. The van der Waals surface area contributed by atoms with Crippen molar-refractivity contribution < 1.29 is 0 Å². The van der Waals surface area contributed by atoms with Crippen LogP contribution in [0, 0.1) is 0 Å². The van der Waals surface area contributed by atoms with E-state index in [9.17, 15) is 0 Å². The van der Waals surface area contributed by atoms with E-state index >= 15 is 0 Å². The lowest BCUT2D eigenvalue weighted by atomic mass is 9.87. The lowest BCUT2D eigenvalue weighted by Gasteiger charge is -2.20. The number of fused-ring (bicyclic) bond motifs is 13. The Hall–Kier alpha value is -8.50. The maximum Gasteiger partial charge on any atom is 0.0619 e. The molecule has 0 radical (unpaired) electrons. The van der Waals surface area contributed by atoms with Crippen molar-refractivity contribution in [3.8, 4) is 33.6 Å². The molecule has 0 aliphatic carbocycles. The molecule has 0 aliphatic rings. The van der Waals surface area contributed by atoms with Gasteiger partial charge >= 0.3 is 0 Å². The Morgan fingerprint density at radius 1 is 0.254 bits per heavy atom. The Morgan fingerprint density at radius 2 is 0.612 bits per heavy atom. The molecule has 3 aromatic heterocycles. The van der Waals surface area contributed by atoms with Crippen LogP contribution < -0.4 is 0 Å². The Labute approximate surface area is 389 Å². The molecule has 0 unspecified atom stereocenters. The summed E-state index contributed by atoms with van der Waals surface area (Å²) in [6.45, 7) is 0. The van der Waals surface area contributed by atoms with Crippen LogP contribution >= 0.6 is 11.3 Å². The molecule has 0 fully saturated rings. The molecule has 0 N–H and O–H groups in total. The number of thiophene rings is 1. The van der Waals surface area contributed by atoms with Gasteiger partial charge in [-0.05, 0) is 86.3 Å². The third-order valence-electron chi connectivity index (χ3n) is 14.5. The van der Waals surface area contributed by atoms with Crippen molar-refractivity contribution in [2.24, 2.45) is 0 Å². The van der Waals surface area contributed by atoms with Crippen LogP contribution in [0.5, 0.6) is 0 Å². The summed E-state index contributed by atoms with van der Waals surface area (Å²) in [4.78, 5) is 0. The largest absolute Gasteiger partial charge is 0.308 e. The van der Waals surface area contributed by atoms with E-state index in [1.54, 1.807) is 0 Å². The van der Waals surface area contributed by atoms with Gasteiger partial charge in [0.1, 0.15) is 0 Å². The summed E-state index contributed by atoms with van der Waals surface area (Å²) in [5.74, 6) is 0. The van der Waals surface area contributed by atoms with Gasteiger partial charge in [0.05, 0.1) is 33.4 Å². The fraction of sp³-hybridized carbons (Fsp3) is 0. The molecule has 12 aromatic carbocycles. The first kappa shape index (κ1) is 36.8. The van der Waals surface area contributed by atoms with Gasteiger partial charge in [0.25, 0.3) is 0 Å². The van der Waals surface area contributed by atoms with Gasteiger partial charge in [-0.2, -0.15) is 0 Å². The second-order valence-electron chi connectivity index (χ2n) is 17.9. The molecular formula is C64H38N2S. The van der Waals surface area contributed by atoms with Crippen LogP contribution in [-0.2, 0) is 0 Å². The van der Waals surface area contributed by atoms with E-state index in [2.05, 4.69) is 240 Å². The second-order valence-corrected chi connectivity index (χ2v) is 18.9. The molecule has 2 nitrogen and oxygen atoms in total. The molecule has 0 bridgehead atoms. The number of hydrogen-bond acceptors (Lipinski definition) is 1. The predicted octanol–water partition coefficient (Wildman–Crippen LogP) is 18.2. The fourth-order valence-corrected chi connectivity index (χ4v) is 12.9. The number of benzene rings is 12. The van der Waals surface area contributed by atoms with Gasteiger partial charge in [0.2, 0.25) is 0 Å². The lowest BCUT2D eigenvalue weighted by Crippen LogP contribution is -1.99. The van der Waals surface area contributed by atoms with E-state index in [0.717, 1.165) is 0 Å². The van der Waals surface area contributed by atoms with Gasteiger partial charge in [-0.3, -0.25) is 0 Å². The van der Waals surface area contributed by atoms with E-state index in [-0.39, 0.29) is 0 Å². The average Bonchev–Trinajstić information content (AvgIpc) is 4.05. The summed E-state index contributed by atoms with van der Waals surface area (Å²) in [5, 5.41) is 17.6. The minimum absolute atomic E-state index is 1.22. The first-order chi connectivity index (χ1) is 33.3. The van der Waals surface area contributed by atoms with Crippen molar-refractivity contribution in [3.63, 3.8) is 0 Å². The topological polar surface area (TPSA) is 9.86 Å². The highest BCUT2D eigenvalue weighted by atomic mass is 32.1. The minimum Gasteiger partial charge on any atom is -0.308 e. The van der Waals surface area contributed by atoms with E-state index in [0.29, 0.717) is 0 Å². The van der Waals surface area contributed by atoms with E-state index in [1.165, 1.54) is 141 Å². The second kappa shape index (κ2) is 14.0. The van der Waals surface area contributed by atoms with Crippen molar-refractivity contribution in [1.29, 1.82) is 0 Å². The van der Waals surface area contributed by atoms with Crippen LogP contribution in [0.1, 0.15) is 0 Å². The maximum atomic E-state index is 2.51. The molecule has 3 heteroatoms. The lowest BCUT2D eigenvalue weighted by molar-refractivity contribution is 1.21. The van der Waals surface area contributed by atoms with E-state index in [4.69, 9.17) is 0 Å². The molecule has 310 valence electrons. The Balaban J connectivity index is 1.01. The van der Waals surface area contributed by atoms with Crippen LogP contribution in [0.4, 0.5) is 0 Å². The zero-order chi connectivity index (χ0) is 43.7. The average molecular weight is 867 g/mol. The summed E-state index contributed by atoms with van der Waals surface area (Å²) in [7, 11) is 0. The summed E-state index contributed by atoms with van der Waals surface area (Å²) < 4.78 is 7.59. The van der Waals surface area contributed by atoms with Gasteiger partial charge < -0.3 is 9.13 Å². The van der Waals surface area contributed by atoms with E-state index < -0.39 is 0 Å². The standard InChI is InChI=1S/C64H38N2S/c1-5-26-48-44(22-1)60(45-23-2-6-27-49(45)63(48)65-54-31-13-9-18-40(54)41-19-10-14-32-55(41)65)39-36-37-58-53(38-39)62-52(30-17-35-59(62)67-58)61-46-24-3-7-28-50(46)64(51-29-8-4-25-47(51)61)66-56-33-15-11-20-42(56)43-21-12-16-34-57(43)66/h1-38H. The minimum atomic E-state index is 1.22. The number of rotatable bonds is 4. The van der Waals surface area contributed by atoms with Gasteiger partial charge in [-0.25, -0.2) is 0 Å². The van der Waals surface area contributed by atoms with Crippen LogP contribution in [-0.4, -0.2) is 9.13 Å². The molecule has 3 heterocycles. The highest BCUT2D eigenvalue weighted by Crippen LogP contribution is 2.50. The molecule has 0 amide bonds. The molecule has 15 rings (SSSR count). The number of aromatic nitrogens is 2.